The molecular weight excluding hydrogens is 361 g/mol. The molecule has 0 fully saturated rings. The van der Waals surface area contributed by atoms with Gasteiger partial charge in [-0.05, 0) is 35.9 Å². The number of amides is 1. The number of anilines is 1. The molecular formula is C19H19ClFNO4. The van der Waals surface area contributed by atoms with E-state index >= 15 is 0 Å². The maximum atomic E-state index is 13.7. The Hall–Kier alpha value is -2.57. The fourth-order valence-corrected chi connectivity index (χ4v) is 2.34. The first-order chi connectivity index (χ1) is 12.5. The van der Waals surface area contributed by atoms with Gasteiger partial charge in [0.2, 0.25) is 5.91 Å². The quantitative estimate of drug-likeness (QED) is 0.552. The molecule has 0 radical (unpaired) electrons. The molecule has 1 amide bonds. The van der Waals surface area contributed by atoms with Crippen molar-refractivity contribution in [1.29, 1.82) is 0 Å². The minimum atomic E-state index is -0.501. The largest absolute Gasteiger partial charge is 0.494 e. The van der Waals surface area contributed by atoms with Crippen molar-refractivity contribution in [3.8, 4) is 11.5 Å². The van der Waals surface area contributed by atoms with Crippen LogP contribution in [0.5, 0.6) is 11.5 Å². The molecule has 0 bridgehead atoms. The third-order valence-corrected chi connectivity index (χ3v) is 3.66. The second-order valence-electron chi connectivity index (χ2n) is 5.17. The predicted octanol–water partition coefficient (Wildman–Crippen LogP) is 4.16. The van der Waals surface area contributed by atoms with Gasteiger partial charge in [0, 0.05) is 13.2 Å². The van der Waals surface area contributed by atoms with Gasteiger partial charge in [-0.2, -0.15) is 0 Å². The van der Waals surface area contributed by atoms with Crippen LogP contribution in [0.3, 0.4) is 0 Å². The second kappa shape index (κ2) is 9.79. The average molecular weight is 380 g/mol. The number of rotatable bonds is 8. The van der Waals surface area contributed by atoms with Crippen LogP contribution in [0.2, 0.25) is 5.02 Å². The van der Waals surface area contributed by atoms with Crippen LogP contribution in [-0.4, -0.2) is 33.3 Å². The highest BCUT2D eigenvalue weighted by Crippen LogP contribution is 2.33. The van der Waals surface area contributed by atoms with Crippen molar-refractivity contribution in [3.63, 3.8) is 0 Å². The Balaban J connectivity index is 2.07. The monoisotopic (exact) mass is 379 g/mol. The summed E-state index contributed by atoms with van der Waals surface area (Å²) in [6.07, 6.45) is 2.79. The zero-order valence-corrected chi connectivity index (χ0v) is 15.2. The Bertz CT molecular complexity index is 795. The lowest BCUT2D eigenvalue weighted by Gasteiger charge is -2.13. The maximum absolute atomic E-state index is 13.7. The number of nitrogens with one attached hydrogen (secondary N) is 1. The molecule has 0 aliphatic heterocycles. The standard InChI is InChI=1S/C19H19ClFNO4/c1-24-10-11-26-19-14(20)4-3-5-16(19)22-18(23)9-7-13-6-8-17(25-2)15(21)12-13/h3-9,12H,10-11H2,1-2H3,(H,22,23). The smallest absolute Gasteiger partial charge is 0.248 e. The molecule has 0 unspecified atom stereocenters. The molecule has 0 atom stereocenters. The molecule has 0 heterocycles. The van der Waals surface area contributed by atoms with Gasteiger partial charge in [0.05, 0.1) is 24.4 Å². The summed E-state index contributed by atoms with van der Waals surface area (Å²) >= 11 is 6.12. The SMILES string of the molecule is COCCOc1c(Cl)cccc1NC(=O)C=Cc1ccc(OC)c(F)c1. The molecule has 138 valence electrons. The van der Waals surface area contributed by atoms with Crippen LogP contribution in [0.1, 0.15) is 5.56 Å². The van der Waals surface area contributed by atoms with Gasteiger partial charge in [0.25, 0.3) is 0 Å². The molecule has 2 rings (SSSR count). The highest BCUT2D eigenvalue weighted by Gasteiger charge is 2.10. The van der Waals surface area contributed by atoms with Gasteiger partial charge in [-0.1, -0.05) is 23.7 Å². The van der Waals surface area contributed by atoms with Crippen molar-refractivity contribution in [2.45, 2.75) is 0 Å². The van der Waals surface area contributed by atoms with E-state index in [1.165, 1.54) is 31.4 Å². The van der Waals surface area contributed by atoms with Crippen LogP contribution in [0.15, 0.2) is 42.5 Å². The van der Waals surface area contributed by atoms with Gasteiger partial charge < -0.3 is 19.5 Å². The Morgan fingerprint density at radius 2 is 2.04 bits per heavy atom. The van der Waals surface area contributed by atoms with E-state index in [0.29, 0.717) is 35.2 Å². The number of hydrogen-bond donors (Lipinski definition) is 1. The topological polar surface area (TPSA) is 56.8 Å². The van der Waals surface area contributed by atoms with Gasteiger partial charge in [0.1, 0.15) is 6.61 Å². The lowest BCUT2D eigenvalue weighted by atomic mass is 10.2. The number of carbonyl (C=O) groups excluding carboxylic acids is 1. The van der Waals surface area contributed by atoms with Crippen molar-refractivity contribution in [3.05, 3.63) is 58.9 Å². The molecule has 2 aromatic carbocycles. The summed E-state index contributed by atoms with van der Waals surface area (Å²) in [5.74, 6) is -0.398. The van der Waals surface area contributed by atoms with Crippen LogP contribution in [0.25, 0.3) is 6.08 Å². The van der Waals surface area contributed by atoms with Gasteiger partial charge in [0.15, 0.2) is 17.3 Å². The van der Waals surface area contributed by atoms with E-state index in [0.717, 1.165) is 0 Å². The fourth-order valence-electron chi connectivity index (χ4n) is 2.11. The molecule has 0 aliphatic rings. The van der Waals surface area contributed by atoms with E-state index in [9.17, 15) is 9.18 Å². The number of hydrogen-bond acceptors (Lipinski definition) is 4. The van der Waals surface area contributed by atoms with Crippen molar-refractivity contribution in [1.82, 2.24) is 0 Å². The Labute approximate surface area is 156 Å². The van der Waals surface area contributed by atoms with Crippen LogP contribution in [0.4, 0.5) is 10.1 Å². The minimum absolute atomic E-state index is 0.142. The lowest BCUT2D eigenvalue weighted by Crippen LogP contribution is -2.11. The van der Waals surface area contributed by atoms with Crippen LogP contribution in [-0.2, 0) is 9.53 Å². The average Bonchev–Trinajstić information content (AvgIpc) is 2.62. The first-order valence-electron chi connectivity index (χ1n) is 7.78. The number of benzene rings is 2. The van der Waals surface area contributed by atoms with Gasteiger partial charge in [-0.3, -0.25) is 4.79 Å². The molecule has 2 aromatic rings. The van der Waals surface area contributed by atoms with Crippen LogP contribution < -0.4 is 14.8 Å². The van der Waals surface area contributed by atoms with Crippen molar-refractivity contribution in [2.24, 2.45) is 0 Å². The first-order valence-corrected chi connectivity index (χ1v) is 8.15. The van der Waals surface area contributed by atoms with Crippen LogP contribution in [0, 0.1) is 5.82 Å². The maximum Gasteiger partial charge on any atom is 0.248 e. The summed E-state index contributed by atoms with van der Waals surface area (Å²) in [6.45, 7) is 0.686. The number of ether oxygens (including phenoxy) is 3. The summed E-state index contributed by atoms with van der Waals surface area (Å²) in [5.41, 5.74) is 0.963. The van der Waals surface area contributed by atoms with Gasteiger partial charge >= 0.3 is 0 Å². The molecule has 7 heteroatoms. The van der Waals surface area contributed by atoms with E-state index in [2.05, 4.69) is 5.32 Å². The normalized spacial score (nSPS) is 10.8. The Morgan fingerprint density at radius 1 is 1.23 bits per heavy atom. The molecule has 0 aliphatic carbocycles. The molecule has 1 N–H and O–H groups in total. The molecule has 5 nitrogen and oxygen atoms in total. The van der Waals surface area contributed by atoms with E-state index in [1.807, 2.05) is 0 Å². The van der Waals surface area contributed by atoms with Crippen LogP contribution >= 0.6 is 11.6 Å². The highest BCUT2D eigenvalue weighted by molar-refractivity contribution is 6.32. The number of para-hydroxylation sites is 1. The zero-order chi connectivity index (χ0) is 18.9. The third kappa shape index (κ3) is 5.47. The lowest BCUT2D eigenvalue weighted by molar-refractivity contribution is -0.111. The minimum Gasteiger partial charge on any atom is -0.494 e. The summed E-state index contributed by atoms with van der Waals surface area (Å²) in [5, 5.41) is 3.07. The van der Waals surface area contributed by atoms with E-state index in [1.54, 1.807) is 31.4 Å². The van der Waals surface area contributed by atoms with E-state index in [-0.39, 0.29) is 5.75 Å². The Kier molecular flexibility index (Phi) is 7.44. The Morgan fingerprint density at radius 3 is 2.73 bits per heavy atom. The number of methoxy groups -OCH3 is 2. The second-order valence-corrected chi connectivity index (χ2v) is 5.58. The molecule has 0 saturated carbocycles. The number of carbonyl (C=O) groups is 1. The summed E-state index contributed by atoms with van der Waals surface area (Å²) in [6, 6.07) is 9.45. The molecule has 26 heavy (non-hydrogen) atoms. The molecule has 0 aromatic heterocycles. The summed E-state index contributed by atoms with van der Waals surface area (Å²) in [4.78, 5) is 12.1. The predicted molar refractivity (Wildman–Crippen MR) is 99.4 cm³/mol. The highest BCUT2D eigenvalue weighted by atomic mass is 35.5. The van der Waals surface area contributed by atoms with Crippen molar-refractivity contribution in [2.75, 3.05) is 32.8 Å². The summed E-state index contributed by atoms with van der Waals surface area (Å²) < 4.78 is 29.0. The van der Waals surface area contributed by atoms with Gasteiger partial charge in [-0.15, -0.1) is 0 Å². The van der Waals surface area contributed by atoms with E-state index < -0.39 is 11.7 Å². The van der Waals surface area contributed by atoms with Crippen molar-refractivity contribution >= 4 is 29.3 Å². The zero-order valence-electron chi connectivity index (χ0n) is 14.4. The third-order valence-electron chi connectivity index (χ3n) is 3.36. The molecule has 0 saturated heterocycles. The van der Waals surface area contributed by atoms with Crippen molar-refractivity contribution < 1.29 is 23.4 Å². The number of halogens is 2. The van der Waals surface area contributed by atoms with E-state index in [4.69, 9.17) is 25.8 Å². The first kappa shape index (κ1) is 19.8. The summed E-state index contributed by atoms with van der Waals surface area (Å²) in [7, 11) is 2.95. The molecule has 0 spiro atoms. The van der Waals surface area contributed by atoms with Gasteiger partial charge in [-0.25, -0.2) is 4.39 Å². The fraction of sp³-hybridized carbons (Fsp3) is 0.211.